The summed E-state index contributed by atoms with van der Waals surface area (Å²) in [5.74, 6) is -0.252. The van der Waals surface area contributed by atoms with Gasteiger partial charge >= 0.3 is 0 Å². The molecular weight excluding hydrogens is 444 g/mol. The number of amides is 1. The second-order valence-corrected chi connectivity index (χ2v) is 8.67. The van der Waals surface area contributed by atoms with Crippen LogP contribution in [0, 0.1) is 6.92 Å². The summed E-state index contributed by atoms with van der Waals surface area (Å²) >= 11 is 4.95. The van der Waals surface area contributed by atoms with Gasteiger partial charge in [-0.15, -0.1) is 0 Å². The molecule has 0 unspecified atom stereocenters. The monoisotopic (exact) mass is 462 g/mol. The Balaban J connectivity index is 1.90. The van der Waals surface area contributed by atoms with Crippen LogP contribution in [0.3, 0.4) is 0 Å². The third-order valence-corrected chi connectivity index (χ3v) is 6.33. The van der Waals surface area contributed by atoms with Crippen LogP contribution in [0.4, 0.5) is 0 Å². The highest BCUT2D eigenvalue weighted by Gasteiger charge is 2.16. The molecule has 1 heterocycles. The summed E-state index contributed by atoms with van der Waals surface area (Å²) in [5.41, 5.74) is 5.04. The summed E-state index contributed by atoms with van der Waals surface area (Å²) in [6, 6.07) is 26.0. The minimum absolute atomic E-state index is 0.252. The first-order chi connectivity index (χ1) is 14.0. The molecule has 1 aromatic heterocycles. The number of benzene rings is 3. The fourth-order valence-corrected chi connectivity index (χ4v) is 4.69. The van der Waals surface area contributed by atoms with Crippen molar-refractivity contribution in [3.05, 3.63) is 99.3 Å². The molecule has 0 fully saturated rings. The van der Waals surface area contributed by atoms with Crippen LogP contribution < -0.4 is 4.80 Å². The number of hydrogen-bond acceptors (Lipinski definition) is 2. The molecule has 1 amide bonds. The normalized spacial score (nSPS) is 11.6. The highest BCUT2D eigenvalue weighted by atomic mass is 79.9. The zero-order valence-corrected chi connectivity index (χ0v) is 18.5. The average molecular weight is 463 g/mol. The Bertz CT molecular complexity index is 1240. The Labute approximate surface area is 182 Å². The van der Waals surface area contributed by atoms with E-state index in [4.69, 9.17) is 0 Å². The van der Waals surface area contributed by atoms with Crippen molar-refractivity contribution < 1.29 is 4.79 Å². The van der Waals surface area contributed by atoms with Crippen molar-refractivity contribution in [3.63, 3.8) is 0 Å². The first-order valence-corrected chi connectivity index (χ1v) is 10.8. The van der Waals surface area contributed by atoms with Crippen molar-refractivity contribution in [1.29, 1.82) is 0 Å². The standard InChI is InChI=1S/C24H19BrN2OS/c1-16-11-13-17(14-12-16)21-22(18-7-4-3-5-8-18)29-24(27(21)2)26-23(28)19-9-6-10-20(25)15-19/h3-15H,1-2H3. The van der Waals surface area contributed by atoms with Gasteiger partial charge in [0, 0.05) is 17.1 Å². The van der Waals surface area contributed by atoms with E-state index < -0.39 is 0 Å². The second kappa shape index (κ2) is 8.31. The molecule has 4 aromatic rings. The Morgan fingerprint density at radius 3 is 2.34 bits per heavy atom. The maximum atomic E-state index is 12.8. The van der Waals surface area contributed by atoms with Gasteiger partial charge in [0.25, 0.3) is 5.91 Å². The van der Waals surface area contributed by atoms with Gasteiger partial charge in [0.15, 0.2) is 4.80 Å². The molecular formula is C24H19BrN2OS. The third-order valence-electron chi connectivity index (χ3n) is 4.66. The molecule has 144 valence electrons. The smallest absolute Gasteiger partial charge is 0.279 e. The van der Waals surface area contributed by atoms with E-state index in [1.54, 1.807) is 12.1 Å². The number of hydrogen-bond donors (Lipinski definition) is 0. The van der Waals surface area contributed by atoms with Crippen LogP contribution in [-0.2, 0) is 7.05 Å². The first kappa shape index (κ1) is 19.6. The Hall–Kier alpha value is -2.76. The molecule has 29 heavy (non-hydrogen) atoms. The fourth-order valence-electron chi connectivity index (χ4n) is 3.15. The molecule has 3 nitrogen and oxygen atoms in total. The van der Waals surface area contributed by atoms with Crippen LogP contribution in [0.5, 0.6) is 0 Å². The molecule has 0 saturated heterocycles. The van der Waals surface area contributed by atoms with Gasteiger partial charge in [0.05, 0.1) is 10.6 Å². The van der Waals surface area contributed by atoms with Gasteiger partial charge in [-0.05, 0) is 36.2 Å². The van der Waals surface area contributed by atoms with E-state index >= 15 is 0 Å². The lowest BCUT2D eigenvalue weighted by molar-refractivity contribution is 0.0998. The van der Waals surface area contributed by atoms with Crippen molar-refractivity contribution in [1.82, 2.24) is 4.57 Å². The zero-order chi connectivity index (χ0) is 20.4. The van der Waals surface area contributed by atoms with E-state index in [9.17, 15) is 4.79 Å². The quantitative estimate of drug-likeness (QED) is 0.355. The largest absolute Gasteiger partial charge is 0.319 e. The van der Waals surface area contributed by atoms with Crippen molar-refractivity contribution in [2.45, 2.75) is 6.92 Å². The maximum Gasteiger partial charge on any atom is 0.279 e. The predicted octanol–water partition coefficient (Wildman–Crippen LogP) is 6.23. The van der Waals surface area contributed by atoms with Crippen LogP contribution >= 0.6 is 27.3 Å². The van der Waals surface area contributed by atoms with E-state index in [2.05, 4.69) is 64.2 Å². The summed E-state index contributed by atoms with van der Waals surface area (Å²) in [6.45, 7) is 2.08. The first-order valence-electron chi connectivity index (χ1n) is 9.20. The topological polar surface area (TPSA) is 34.4 Å². The van der Waals surface area contributed by atoms with Crippen molar-refractivity contribution in [3.8, 4) is 21.7 Å². The molecule has 0 saturated carbocycles. The molecule has 4 rings (SSSR count). The van der Waals surface area contributed by atoms with Crippen LogP contribution in [-0.4, -0.2) is 10.5 Å². The van der Waals surface area contributed by atoms with Crippen molar-refractivity contribution >= 4 is 33.2 Å². The van der Waals surface area contributed by atoms with E-state index in [1.165, 1.54) is 16.9 Å². The fraction of sp³-hybridized carbons (Fsp3) is 0.0833. The van der Waals surface area contributed by atoms with Crippen molar-refractivity contribution in [2.75, 3.05) is 0 Å². The van der Waals surface area contributed by atoms with E-state index in [0.29, 0.717) is 10.4 Å². The van der Waals surface area contributed by atoms with Crippen LogP contribution in [0.25, 0.3) is 21.7 Å². The third kappa shape index (κ3) is 4.16. The highest BCUT2D eigenvalue weighted by Crippen LogP contribution is 2.34. The summed E-state index contributed by atoms with van der Waals surface area (Å²) in [5, 5.41) is 0. The molecule has 0 bridgehead atoms. The molecule has 0 N–H and O–H groups in total. The number of aromatic nitrogens is 1. The molecule has 0 spiro atoms. The lowest BCUT2D eigenvalue weighted by Crippen LogP contribution is -2.14. The molecule has 0 radical (unpaired) electrons. The van der Waals surface area contributed by atoms with Crippen LogP contribution in [0.2, 0.25) is 0 Å². The Morgan fingerprint density at radius 1 is 0.931 bits per heavy atom. The number of carbonyl (C=O) groups excluding carboxylic acids is 1. The summed E-state index contributed by atoms with van der Waals surface area (Å²) < 4.78 is 2.87. The lowest BCUT2D eigenvalue weighted by atomic mass is 10.1. The summed E-state index contributed by atoms with van der Waals surface area (Å²) in [7, 11) is 1.96. The molecule has 0 atom stereocenters. The van der Waals surface area contributed by atoms with Gasteiger partial charge in [-0.1, -0.05) is 93.5 Å². The number of thiazole rings is 1. The number of nitrogens with zero attached hydrogens (tertiary/aromatic N) is 2. The predicted molar refractivity (Wildman–Crippen MR) is 123 cm³/mol. The van der Waals surface area contributed by atoms with Crippen LogP contribution in [0.15, 0.2) is 88.3 Å². The number of carbonyl (C=O) groups is 1. The molecule has 3 aromatic carbocycles. The molecule has 0 aliphatic heterocycles. The average Bonchev–Trinajstić information content (AvgIpc) is 3.05. The number of rotatable bonds is 3. The number of halogens is 1. The van der Waals surface area contributed by atoms with Gasteiger partial charge < -0.3 is 4.57 Å². The van der Waals surface area contributed by atoms with Crippen molar-refractivity contribution in [2.24, 2.45) is 12.0 Å². The lowest BCUT2D eigenvalue weighted by Gasteiger charge is -2.08. The Kier molecular flexibility index (Phi) is 5.60. The van der Waals surface area contributed by atoms with E-state index in [0.717, 1.165) is 26.2 Å². The maximum absolute atomic E-state index is 12.8. The summed E-state index contributed by atoms with van der Waals surface area (Å²) in [4.78, 5) is 19.0. The number of aryl methyl sites for hydroxylation is 1. The van der Waals surface area contributed by atoms with Gasteiger partial charge in [-0.2, -0.15) is 4.99 Å². The second-order valence-electron chi connectivity index (χ2n) is 6.78. The highest BCUT2D eigenvalue weighted by molar-refractivity contribution is 9.10. The Morgan fingerprint density at radius 2 is 1.66 bits per heavy atom. The minimum atomic E-state index is -0.252. The van der Waals surface area contributed by atoms with Gasteiger partial charge in [0.1, 0.15) is 0 Å². The van der Waals surface area contributed by atoms with Crippen LogP contribution in [0.1, 0.15) is 15.9 Å². The molecule has 5 heteroatoms. The van der Waals surface area contributed by atoms with E-state index in [1.807, 2.05) is 41.9 Å². The van der Waals surface area contributed by atoms with Gasteiger partial charge in [-0.3, -0.25) is 4.79 Å². The molecule has 0 aliphatic rings. The van der Waals surface area contributed by atoms with E-state index in [-0.39, 0.29) is 5.91 Å². The molecule has 0 aliphatic carbocycles. The SMILES string of the molecule is Cc1ccc(-c2c(-c3ccccc3)sc(=NC(=O)c3cccc(Br)c3)n2C)cc1. The minimum Gasteiger partial charge on any atom is -0.319 e. The van der Waals surface area contributed by atoms with Gasteiger partial charge in [0.2, 0.25) is 0 Å². The van der Waals surface area contributed by atoms with Gasteiger partial charge in [-0.25, -0.2) is 0 Å². The zero-order valence-electron chi connectivity index (χ0n) is 16.1. The summed E-state index contributed by atoms with van der Waals surface area (Å²) in [6.07, 6.45) is 0.